The van der Waals surface area contributed by atoms with Crippen LogP contribution < -0.4 is 0 Å². The number of hydrogen-bond donors (Lipinski definition) is 0. The summed E-state index contributed by atoms with van der Waals surface area (Å²) < 4.78 is 0. The molecule has 2 rings (SSSR count). The number of benzene rings is 2. The van der Waals surface area contributed by atoms with Gasteiger partial charge >= 0.3 is 130 Å². The third-order valence-electron chi connectivity index (χ3n) is 2.70. The molecule has 20 heavy (non-hydrogen) atoms. The van der Waals surface area contributed by atoms with E-state index in [1.54, 1.807) is 0 Å². The summed E-state index contributed by atoms with van der Waals surface area (Å²) in [7, 11) is 0. The van der Waals surface area contributed by atoms with E-state index in [0.29, 0.717) is 26.3 Å². The molecule has 2 aromatic carbocycles. The van der Waals surface area contributed by atoms with Crippen LogP contribution in [0.25, 0.3) is 0 Å². The van der Waals surface area contributed by atoms with Gasteiger partial charge in [-0.1, -0.05) is 0 Å². The first-order chi connectivity index (χ1) is 9.81. The third kappa shape index (κ3) is 4.53. The summed E-state index contributed by atoms with van der Waals surface area (Å²) in [6.45, 7) is 0. The van der Waals surface area contributed by atoms with E-state index < -0.39 is 0 Å². The van der Waals surface area contributed by atoms with Crippen LogP contribution in [0, 0.1) is 22.7 Å². The SMILES string of the molecule is N#Cc1ccc(C[Se][Se]Cc2ccc(C#N)cc2)cc1. The number of nitrogens with zero attached hydrogens (tertiary/aromatic N) is 2. The zero-order valence-electron chi connectivity index (χ0n) is 10.7. The molecule has 0 fully saturated rings. The average Bonchev–Trinajstić information content (AvgIpc) is 2.53. The van der Waals surface area contributed by atoms with Gasteiger partial charge in [0, 0.05) is 0 Å². The van der Waals surface area contributed by atoms with Crippen molar-refractivity contribution in [1.29, 1.82) is 10.5 Å². The van der Waals surface area contributed by atoms with Crippen molar-refractivity contribution in [2.45, 2.75) is 10.6 Å². The molecule has 0 unspecified atom stereocenters. The fraction of sp³-hybridized carbons (Fsp3) is 0.125. The predicted molar refractivity (Wildman–Crippen MR) is 81.2 cm³/mol. The zero-order chi connectivity index (χ0) is 14.2. The quantitative estimate of drug-likeness (QED) is 0.582. The van der Waals surface area contributed by atoms with Gasteiger partial charge in [0.2, 0.25) is 0 Å². The van der Waals surface area contributed by atoms with Gasteiger partial charge in [0.15, 0.2) is 0 Å². The van der Waals surface area contributed by atoms with E-state index >= 15 is 0 Å². The Bertz CT molecular complexity index is 575. The molecule has 0 atom stereocenters. The molecule has 4 heteroatoms. The van der Waals surface area contributed by atoms with Crippen molar-refractivity contribution in [3.8, 4) is 12.1 Å². The summed E-state index contributed by atoms with van der Waals surface area (Å²) in [6, 6.07) is 20.0. The molecule has 0 heterocycles. The Hall–Kier alpha value is -1.54. The van der Waals surface area contributed by atoms with Crippen molar-refractivity contribution in [2.75, 3.05) is 0 Å². The predicted octanol–water partition coefficient (Wildman–Crippen LogP) is 2.45. The van der Waals surface area contributed by atoms with Crippen molar-refractivity contribution in [2.24, 2.45) is 0 Å². The molecular formula is C16H12N2Se2. The molecule has 2 nitrogen and oxygen atoms in total. The minimum atomic E-state index is 0.634. The molecule has 0 aliphatic heterocycles. The molecule has 0 radical (unpaired) electrons. The van der Waals surface area contributed by atoms with Gasteiger partial charge in [-0.25, -0.2) is 0 Å². The fourth-order valence-corrected chi connectivity index (χ4v) is 8.08. The van der Waals surface area contributed by atoms with Gasteiger partial charge in [0.05, 0.1) is 0 Å². The standard InChI is InChI=1S/C16H12N2Se2/c17-9-13-1-5-15(6-2-13)11-19-20-12-16-7-3-14(10-18)4-8-16/h1-8H,11-12H2. The second-order valence-electron chi connectivity index (χ2n) is 4.14. The van der Waals surface area contributed by atoms with Gasteiger partial charge in [0.25, 0.3) is 0 Å². The third-order valence-corrected chi connectivity index (χ3v) is 9.33. The van der Waals surface area contributed by atoms with E-state index in [1.165, 1.54) is 11.1 Å². The summed E-state index contributed by atoms with van der Waals surface area (Å²) in [4.78, 5) is 0. The Morgan fingerprint density at radius 2 is 1.00 bits per heavy atom. The first kappa shape index (κ1) is 14.9. The molecule has 2 aromatic rings. The summed E-state index contributed by atoms with van der Waals surface area (Å²) in [6.07, 6.45) is 0. The van der Waals surface area contributed by atoms with Crippen LogP contribution in [0.15, 0.2) is 48.5 Å². The van der Waals surface area contributed by atoms with E-state index in [4.69, 9.17) is 10.5 Å². The van der Waals surface area contributed by atoms with E-state index in [-0.39, 0.29) is 0 Å². The topological polar surface area (TPSA) is 47.6 Å². The molecule has 0 aromatic heterocycles. The maximum absolute atomic E-state index is 8.74. The van der Waals surface area contributed by atoms with Gasteiger partial charge in [0.1, 0.15) is 0 Å². The van der Waals surface area contributed by atoms with Crippen LogP contribution >= 0.6 is 0 Å². The van der Waals surface area contributed by atoms with Crippen LogP contribution in [0.4, 0.5) is 0 Å². The summed E-state index contributed by atoms with van der Waals surface area (Å²) in [5.41, 5.74) is 4.10. The van der Waals surface area contributed by atoms with Crippen LogP contribution in [0.5, 0.6) is 0 Å². The van der Waals surface area contributed by atoms with Gasteiger partial charge in [-0.15, -0.1) is 0 Å². The summed E-state index contributed by atoms with van der Waals surface area (Å²) in [5, 5.41) is 19.8. The molecule has 0 aliphatic carbocycles. The Kier molecular flexibility index (Phi) is 5.87. The molecule has 98 valence electrons. The molecule has 0 amide bonds. The van der Waals surface area contributed by atoms with Crippen LogP contribution in [-0.4, -0.2) is 26.3 Å². The first-order valence-electron chi connectivity index (χ1n) is 6.04. The van der Waals surface area contributed by atoms with Crippen LogP contribution in [0.2, 0.25) is 0 Å². The monoisotopic (exact) mass is 392 g/mol. The number of hydrogen-bond acceptors (Lipinski definition) is 2. The van der Waals surface area contributed by atoms with Gasteiger partial charge in [-0.05, 0) is 0 Å². The molecule has 0 saturated heterocycles. The van der Waals surface area contributed by atoms with Gasteiger partial charge < -0.3 is 0 Å². The Balaban J connectivity index is 1.75. The van der Waals surface area contributed by atoms with Crippen molar-refractivity contribution >= 4 is 26.3 Å². The van der Waals surface area contributed by atoms with Crippen LogP contribution in [0.3, 0.4) is 0 Å². The van der Waals surface area contributed by atoms with Crippen LogP contribution in [0.1, 0.15) is 22.3 Å². The van der Waals surface area contributed by atoms with Gasteiger partial charge in [-0.3, -0.25) is 0 Å². The maximum atomic E-state index is 8.74. The van der Waals surface area contributed by atoms with Crippen molar-refractivity contribution in [1.82, 2.24) is 0 Å². The van der Waals surface area contributed by atoms with E-state index in [9.17, 15) is 0 Å². The number of nitriles is 2. The molecule has 0 spiro atoms. The number of rotatable bonds is 5. The van der Waals surface area contributed by atoms with Crippen molar-refractivity contribution < 1.29 is 0 Å². The normalized spacial score (nSPS) is 9.70. The average molecular weight is 390 g/mol. The summed E-state index contributed by atoms with van der Waals surface area (Å²) in [5.74, 6) is 0. The van der Waals surface area contributed by atoms with E-state index in [1.807, 2.05) is 24.3 Å². The zero-order valence-corrected chi connectivity index (χ0v) is 14.2. The first-order valence-corrected chi connectivity index (χ1v) is 12.8. The molecular weight excluding hydrogens is 378 g/mol. The molecule has 0 saturated carbocycles. The van der Waals surface area contributed by atoms with E-state index in [2.05, 4.69) is 36.4 Å². The second-order valence-corrected chi connectivity index (χ2v) is 11.5. The Labute approximate surface area is 130 Å². The fourth-order valence-electron chi connectivity index (χ4n) is 1.57. The molecule has 0 bridgehead atoms. The second kappa shape index (κ2) is 7.91. The Morgan fingerprint density at radius 1 is 0.650 bits per heavy atom. The molecule has 0 aliphatic rings. The van der Waals surface area contributed by atoms with Crippen molar-refractivity contribution in [3.05, 3.63) is 70.8 Å². The van der Waals surface area contributed by atoms with Gasteiger partial charge in [-0.2, -0.15) is 0 Å². The summed E-state index contributed by atoms with van der Waals surface area (Å²) >= 11 is 1.27. The minimum absolute atomic E-state index is 0.634. The van der Waals surface area contributed by atoms with Crippen LogP contribution in [-0.2, 0) is 10.6 Å². The molecule has 0 N–H and O–H groups in total. The van der Waals surface area contributed by atoms with E-state index in [0.717, 1.165) is 21.8 Å². The van der Waals surface area contributed by atoms with Crippen molar-refractivity contribution in [3.63, 3.8) is 0 Å². The Morgan fingerprint density at radius 3 is 1.30 bits per heavy atom.